The van der Waals surface area contributed by atoms with E-state index in [1.807, 2.05) is 30.3 Å². The van der Waals surface area contributed by atoms with Crippen LogP contribution in [0.3, 0.4) is 0 Å². The summed E-state index contributed by atoms with van der Waals surface area (Å²) >= 11 is 0. The Morgan fingerprint density at radius 2 is 1.70 bits per heavy atom. The first kappa shape index (κ1) is 20.9. The molecule has 0 saturated carbocycles. The first-order chi connectivity index (χ1) is 16.1. The van der Waals surface area contributed by atoms with E-state index in [2.05, 4.69) is 46.3 Å². The number of anilines is 1. The van der Waals surface area contributed by atoms with E-state index in [1.165, 1.54) is 21.1 Å². The van der Waals surface area contributed by atoms with E-state index in [0.717, 1.165) is 30.8 Å². The minimum atomic E-state index is -0.322. The van der Waals surface area contributed by atoms with Gasteiger partial charge in [0.25, 0.3) is 5.56 Å². The molecule has 8 heteroatoms. The molecule has 2 aromatic carbocycles. The van der Waals surface area contributed by atoms with Crippen LogP contribution < -0.4 is 10.5 Å². The Kier molecular flexibility index (Phi) is 5.64. The number of fused-ring (bicyclic) bond motifs is 1. The van der Waals surface area contributed by atoms with Crippen LogP contribution in [0.25, 0.3) is 16.8 Å². The van der Waals surface area contributed by atoms with Crippen LogP contribution in [0.15, 0.2) is 71.8 Å². The van der Waals surface area contributed by atoms with E-state index >= 15 is 0 Å². The number of piperazine rings is 1. The van der Waals surface area contributed by atoms with Crippen molar-refractivity contribution in [3.05, 3.63) is 82.9 Å². The maximum atomic E-state index is 13.0. The second-order valence-corrected chi connectivity index (χ2v) is 8.21. The Hall–Kier alpha value is -3.94. The number of benzene rings is 2. The average Bonchev–Trinajstić information content (AvgIpc) is 3.32. The summed E-state index contributed by atoms with van der Waals surface area (Å²) in [6.45, 7) is 4.80. The molecule has 1 saturated heterocycles. The predicted octanol–water partition coefficient (Wildman–Crippen LogP) is 2.47. The molecule has 1 aliphatic heterocycles. The van der Waals surface area contributed by atoms with Crippen molar-refractivity contribution in [2.45, 2.75) is 19.9 Å². The first-order valence-corrected chi connectivity index (χ1v) is 11.2. The van der Waals surface area contributed by atoms with Gasteiger partial charge >= 0.3 is 0 Å². The molecule has 4 aromatic rings. The second kappa shape index (κ2) is 8.90. The predicted molar refractivity (Wildman–Crippen MR) is 127 cm³/mol. The zero-order valence-electron chi connectivity index (χ0n) is 18.6. The van der Waals surface area contributed by atoms with Gasteiger partial charge in [0.15, 0.2) is 0 Å². The minimum absolute atomic E-state index is 0.0770. The van der Waals surface area contributed by atoms with Crippen LogP contribution in [-0.4, -0.2) is 56.4 Å². The van der Waals surface area contributed by atoms with Gasteiger partial charge in [-0.15, -0.1) is 0 Å². The molecule has 1 fully saturated rings. The number of nitrogens with zero attached hydrogens (tertiary/aromatic N) is 6. The fourth-order valence-corrected chi connectivity index (χ4v) is 4.18. The number of hydrogen-bond donors (Lipinski definition) is 0. The molecule has 1 aliphatic rings. The lowest BCUT2D eigenvalue weighted by molar-refractivity contribution is -0.132. The SMILES string of the molecule is CCc1ccc(-c2cc3c(=O)n(CC(=O)N4CCN(c5ccccc5)CC4)ncn3n2)cc1. The van der Waals surface area contributed by atoms with Gasteiger partial charge in [-0.2, -0.15) is 10.2 Å². The first-order valence-electron chi connectivity index (χ1n) is 11.2. The maximum absolute atomic E-state index is 13.0. The van der Waals surface area contributed by atoms with Crippen molar-refractivity contribution in [3.63, 3.8) is 0 Å². The van der Waals surface area contributed by atoms with Gasteiger partial charge in [-0.05, 0) is 30.2 Å². The number of hydrogen-bond acceptors (Lipinski definition) is 5. The molecule has 3 heterocycles. The molecule has 33 heavy (non-hydrogen) atoms. The van der Waals surface area contributed by atoms with Gasteiger partial charge < -0.3 is 9.80 Å². The Balaban J connectivity index is 1.29. The summed E-state index contributed by atoms with van der Waals surface area (Å²) in [5.41, 5.74) is 4.13. The van der Waals surface area contributed by atoms with E-state index in [0.29, 0.717) is 24.3 Å². The summed E-state index contributed by atoms with van der Waals surface area (Å²) in [6, 6.07) is 20.1. The van der Waals surface area contributed by atoms with Crippen LogP contribution in [-0.2, 0) is 17.8 Å². The summed E-state index contributed by atoms with van der Waals surface area (Å²) < 4.78 is 2.71. The third-order valence-electron chi connectivity index (χ3n) is 6.19. The van der Waals surface area contributed by atoms with E-state index in [1.54, 1.807) is 11.0 Å². The lowest BCUT2D eigenvalue weighted by atomic mass is 10.1. The van der Waals surface area contributed by atoms with Crippen molar-refractivity contribution < 1.29 is 4.79 Å². The van der Waals surface area contributed by atoms with E-state index in [-0.39, 0.29) is 18.0 Å². The summed E-state index contributed by atoms with van der Waals surface area (Å²) in [5, 5.41) is 8.67. The number of aryl methyl sites for hydroxylation is 1. The normalized spacial score (nSPS) is 14.1. The average molecular weight is 443 g/mol. The highest BCUT2D eigenvalue weighted by Gasteiger charge is 2.22. The number of carbonyl (C=O) groups excluding carboxylic acids is 1. The standard InChI is InChI=1S/C25H26N6O2/c1-2-19-8-10-20(11-9-19)22-16-23-25(33)30(26-18-31(23)27-22)17-24(32)29-14-12-28(13-15-29)21-6-4-3-5-7-21/h3-11,16,18H,2,12-15,17H2,1H3. The second-order valence-electron chi connectivity index (χ2n) is 8.21. The van der Waals surface area contributed by atoms with Crippen LogP contribution >= 0.6 is 0 Å². The Morgan fingerprint density at radius 1 is 0.970 bits per heavy atom. The Labute approximate surface area is 191 Å². The van der Waals surface area contributed by atoms with Crippen molar-refractivity contribution in [2.24, 2.45) is 0 Å². The highest BCUT2D eigenvalue weighted by Crippen LogP contribution is 2.19. The molecule has 0 aliphatic carbocycles. The minimum Gasteiger partial charge on any atom is -0.368 e. The topological polar surface area (TPSA) is 75.7 Å². The molecule has 0 atom stereocenters. The van der Waals surface area contributed by atoms with Crippen molar-refractivity contribution in [1.29, 1.82) is 0 Å². The van der Waals surface area contributed by atoms with Crippen molar-refractivity contribution in [3.8, 4) is 11.3 Å². The largest absolute Gasteiger partial charge is 0.368 e. The van der Waals surface area contributed by atoms with Crippen molar-refractivity contribution in [1.82, 2.24) is 24.3 Å². The number of para-hydroxylation sites is 1. The summed E-state index contributed by atoms with van der Waals surface area (Å²) in [5.74, 6) is -0.100. The molecule has 0 bridgehead atoms. The van der Waals surface area contributed by atoms with Crippen LogP contribution in [0.5, 0.6) is 0 Å². The molecule has 0 radical (unpaired) electrons. The van der Waals surface area contributed by atoms with E-state index < -0.39 is 0 Å². The third kappa shape index (κ3) is 4.24. The molecule has 8 nitrogen and oxygen atoms in total. The van der Waals surface area contributed by atoms with Crippen LogP contribution in [0.2, 0.25) is 0 Å². The number of amides is 1. The zero-order valence-corrected chi connectivity index (χ0v) is 18.6. The Morgan fingerprint density at radius 3 is 2.39 bits per heavy atom. The lowest BCUT2D eigenvalue weighted by Gasteiger charge is -2.36. The van der Waals surface area contributed by atoms with Crippen LogP contribution in [0.1, 0.15) is 12.5 Å². The van der Waals surface area contributed by atoms with Gasteiger partial charge in [-0.25, -0.2) is 9.20 Å². The number of aromatic nitrogens is 4. The van der Waals surface area contributed by atoms with Crippen LogP contribution in [0, 0.1) is 0 Å². The van der Waals surface area contributed by atoms with Gasteiger partial charge in [-0.1, -0.05) is 49.4 Å². The molecule has 0 unspecified atom stereocenters. The van der Waals surface area contributed by atoms with Crippen LogP contribution in [0.4, 0.5) is 5.69 Å². The van der Waals surface area contributed by atoms with Crippen molar-refractivity contribution in [2.75, 3.05) is 31.1 Å². The fourth-order valence-electron chi connectivity index (χ4n) is 4.18. The third-order valence-corrected chi connectivity index (χ3v) is 6.19. The van der Waals surface area contributed by atoms with Gasteiger partial charge in [-0.3, -0.25) is 9.59 Å². The number of carbonyl (C=O) groups is 1. The smallest absolute Gasteiger partial charge is 0.293 e. The number of rotatable bonds is 5. The van der Waals surface area contributed by atoms with E-state index in [9.17, 15) is 9.59 Å². The van der Waals surface area contributed by atoms with Gasteiger partial charge in [0.1, 0.15) is 18.4 Å². The molecule has 2 aromatic heterocycles. The summed E-state index contributed by atoms with van der Waals surface area (Å²) in [4.78, 5) is 29.9. The van der Waals surface area contributed by atoms with Gasteiger partial charge in [0.2, 0.25) is 5.91 Å². The zero-order chi connectivity index (χ0) is 22.8. The molecule has 1 amide bonds. The molecule has 0 spiro atoms. The molecule has 5 rings (SSSR count). The fraction of sp³-hybridized carbons (Fsp3) is 0.280. The highest BCUT2D eigenvalue weighted by molar-refractivity contribution is 5.76. The maximum Gasteiger partial charge on any atom is 0.293 e. The molecular formula is C25H26N6O2. The molecule has 168 valence electrons. The molecule has 0 N–H and O–H groups in total. The van der Waals surface area contributed by atoms with E-state index in [4.69, 9.17) is 0 Å². The quantitative estimate of drug-likeness (QED) is 0.475. The lowest BCUT2D eigenvalue weighted by Crippen LogP contribution is -2.50. The highest BCUT2D eigenvalue weighted by atomic mass is 16.2. The van der Waals surface area contributed by atoms with Gasteiger partial charge in [0, 0.05) is 37.4 Å². The van der Waals surface area contributed by atoms with Gasteiger partial charge in [0.05, 0.1) is 5.69 Å². The Bertz CT molecular complexity index is 1320. The van der Waals surface area contributed by atoms with Crippen molar-refractivity contribution >= 4 is 17.1 Å². The summed E-state index contributed by atoms with van der Waals surface area (Å²) in [7, 11) is 0. The monoisotopic (exact) mass is 442 g/mol. The molecular weight excluding hydrogens is 416 g/mol. The summed E-state index contributed by atoms with van der Waals surface area (Å²) in [6.07, 6.45) is 2.46.